The first kappa shape index (κ1) is 11.1. The van der Waals surface area contributed by atoms with Crippen molar-refractivity contribution in [3.8, 4) is 5.75 Å². The van der Waals surface area contributed by atoms with Gasteiger partial charge in [-0.3, -0.25) is 4.79 Å². The van der Waals surface area contributed by atoms with Crippen LogP contribution in [0.25, 0.3) is 0 Å². The van der Waals surface area contributed by atoms with Crippen LogP contribution in [0.4, 0.5) is 0 Å². The van der Waals surface area contributed by atoms with Crippen molar-refractivity contribution in [2.45, 2.75) is 6.42 Å². The molecular formula is C11H11N3O3. The number of carbonyl (C=O) groups excluding carboxylic acids is 1. The van der Waals surface area contributed by atoms with Gasteiger partial charge < -0.3 is 14.9 Å². The Morgan fingerprint density at radius 2 is 2.35 bits per heavy atom. The number of hydrogen-bond donors (Lipinski definition) is 2. The summed E-state index contributed by atoms with van der Waals surface area (Å²) >= 11 is 0. The maximum Gasteiger partial charge on any atom is 0.251 e. The first-order valence-electron chi connectivity index (χ1n) is 5.08. The van der Waals surface area contributed by atoms with Crippen molar-refractivity contribution in [1.29, 1.82) is 0 Å². The maximum atomic E-state index is 11.6. The molecular weight excluding hydrogens is 222 g/mol. The summed E-state index contributed by atoms with van der Waals surface area (Å²) in [6.07, 6.45) is 1.74. The van der Waals surface area contributed by atoms with E-state index in [1.165, 1.54) is 18.5 Å². The molecule has 0 fully saturated rings. The van der Waals surface area contributed by atoms with Crippen LogP contribution in [0.5, 0.6) is 5.75 Å². The second-order valence-electron chi connectivity index (χ2n) is 3.40. The van der Waals surface area contributed by atoms with Crippen LogP contribution >= 0.6 is 0 Å². The van der Waals surface area contributed by atoms with E-state index in [2.05, 4.69) is 20.0 Å². The van der Waals surface area contributed by atoms with E-state index in [1.807, 2.05) is 0 Å². The number of hydrogen-bond acceptors (Lipinski definition) is 5. The zero-order chi connectivity index (χ0) is 12.1. The highest BCUT2D eigenvalue weighted by atomic mass is 16.5. The van der Waals surface area contributed by atoms with Crippen molar-refractivity contribution in [3.05, 3.63) is 42.0 Å². The highest BCUT2D eigenvalue weighted by Crippen LogP contribution is 2.10. The summed E-state index contributed by atoms with van der Waals surface area (Å²) < 4.78 is 4.57. The Morgan fingerprint density at radius 3 is 3.06 bits per heavy atom. The molecule has 17 heavy (non-hydrogen) atoms. The third kappa shape index (κ3) is 3.04. The molecule has 0 bridgehead atoms. The molecule has 0 aliphatic carbocycles. The van der Waals surface area contributed by atoms with Crippen molar-refractivity contribution in [2.75, 3.05) is 6.54 Å². The van der Waals surface area contributed by atoms with Gasteiger partial charge in [-0.1, -0.05) is 11.2 Å². The third-order valence-electron chi connectivity index (χ3n) is 2.15. The maximum absolute atomic E-state index is 11.6. The lowest BCUT2D eigenvalue weighted by Gasteiger charge is -2.03. The van der Waals surface area contributed by atoms with Gasteiger partial charge >= 0.3 is 0 Å². The van der Waals surface area contributed by atoms with E-state index in [-0.39, 0.29) is 11.7 Å². The smallest absolute Gasteiger partial charge is 0.251 e. The molecule has 6 heteroatoms. The normalized spacial score (nSPS) is 10.1. The van der Waals surface area contributed by atoms with E-state index >= 15 is 0 Å². The lowest BCUT2D eigenvalue weighted by molar-refractivity contribution is 0.0953. The van der Waals surface area contributed by atoms with Gasteiger partial charge in [-0.25, -0.2) is 0 Å². The minimum atomic E-state index is -0.246. The van der Waals surface area contributed by atoms with Crippen molar-refractivity contribution < 1.29 is 14.4 Å². The summed E-state index contributed by atoms with van der Waals surface area (Å²) in [6.45, 7) is 0.411. The quantitative estimate of drug-likeness (QED) is 0.813. The minimum Gasteiger partial charge on any atom is -0.508 e. The predicted molar refractivity (Wildman–Crippen MR) is 58.4 cm³/mol. The zero-order valence-corrected chi connectivity index (χ0v) is 8.96. The number of amides is 1. The van der Waals surface area contributed by atoms with Crippen LogP contribution in [0.15, 0.2) is 35.2 Å². The topological polar surface area (TPSA) is 88.3 Å². The molecule has 1 aromatic heterocycles. The van der Waals surface area contributed by atoms with Gasteiger partial charge in [0.1, 0.15) is 5.75 Å². The van der Waals surface area contributed by atoms with Crippen molar-refractivity contribution in [1.82, 2.24) is 15.5 Å². The molecule has 6 nitrogen and oxygen atoms in total. The lowest BCUT2D eigenvalue weighted by atomic mass is 10.2. The molecule has 0 saturated heterocycles. The van der Waals surface area contributed by atoms with Gasteiger partial charge in [0.25, 0.3) is 5.91 Å². The SMILES string of the molecule is O=C(NCCc1ncon1)c1cccc(O)c1. The van der Waals surface area contributed by atoms with Crippen LogP contribution < -0.4 is 5.32 Å². The molecule has 0 saturated carbocycles. The number of nitrogens with one attached hydrogen (secondary N) is 1. The summed E-state index contributed by atoms with van der Waals surface area (Å²) in [7, 11) is 0. The fourth-order valence-electron chi connectivity index (χ4n) is 1.34. The standard InChI is InChI=1S/C11H11N3O3/c15-9-3-1-2-8(6-9)11(16)12-5-4-10-13-7-17-14-10/h1-3,6-7,15H,4-5H2,(H,12,16). The number of aromatic nitrogens is 2. The summed E-state index contributed by atoms with van der Waals surface area (Å²) in [5, 5.41) is 15.5. The summed E-state index contributed by atoms with van der Waals surface area (Å²) in [5.41, 5.74) is 0.415. The molecule has 0 unspecified atom stereocenters. The van der Waals surface area contributed by atoms with Crippen LogP contribution in [0, 0.1) is 0 Å². The molecule has 0 radical (unpaired) electrons. The molecule has 0 aliphatic rings. The van der Waals surface area contributed by atoms with Gasteiger partial charge in [0.15, 0.2) is 5.82 Å². The van der Waals surface area contributed by atoms with Gasteiger partial charge in [-0.15, -0.1) is 0 Å². The van der Waals surface area contributed by atoms with Crippen LogP contribution in [-0.4, -0.2) is 27.7 Å². The van der Waals surface area contributed by atoms with Crippen molar-refractivity contribution >= 4 is 5.91 Å². The summed E-state index contributed by atoms with van der Waals surface area (Å²) in [4.78, 5) is 15.5. The highest BCUT2D eigenvalue weighted by molar-refractivity contribution is 5.94. The van der Waals surface area contributed by atoms with Gasteiger partial charge in [0.05, 0.1) is 0 Å². The largest absolute Gasteiger partial charge is 0.508 e. The van der Waals surface area contributed by atoms with E-state index in [1.54, 1.807) is 12.1 Å². The average molecular weight is 233 g/mol. The second kappa shape index (κ2) is 5.11. The molecule has 1 heterocycles. The molecule has 2 N–H and O–H groups in total. The molecule has 0 aliphatic heterocycles. The van der Waals surface area contributed by atoms with Gasteiger partial charge in [-0.2, -0.15) is 4.98 Å². The Hall–Kier alpha value is -2.37. The Kier molecular flexibility index (Phi) is 3.34. The number of aromatic hydroxyl groups is 1. The van der Waals surface area contributed by atoms with Gasteiger partial charge in [0, 0.05) is 18.5 Å². The molecule has 0 spiro atoms. The Labute approximate surface area is 97.3 Å². The average Bonchev–Trinajstić information content (AvgIpc) is 2.82. The molecule has 1 aromatic carbocycles. The number of carbonyl (C=O) groups is 1. The van der Waals surface area contributed by atoms with E-state index in [4.69, 9.17) is 0 Å². The van der Waals surface area contributed by atoms with Crippen molar-refractivity contribution in [3.63, 3.8) is 0 Å². The lowest BCUT2D eigenvalue weighted by Crippen LogP contribution is -2.25. The molecule has 2 aromatic rings. The van der Waals surface area contributed by atoms with Crippen molar-refractivity contribution in [2.24, 2.45) is 0 Å². The molecule has 0 atom stereocenters. The molecule has 88 valence electrons. The number of phenols is 1. The van der Waals surface area contributed by atoms with E-state index in [9.17, 15) is 9.90 Å². The Balaban J connectivity index is 1.85. The van der Waals surface area contributed by atoms with Crippen LogP contribution in [-0.2, 0) is 6.42 Å². The minimum absolute atomic E-state index is 0.0656. The Bertz CT molecular complexity index is 496. The van der Waals surface area contributed by atoms with Crippen LogP contribution in [0.3, 0.4) is 0 Å². The fourth-order valence-corrected chi connectivity index (χ4v) is 1.34. The zero-order valence-electron chi connectivity index (χ0n) is 8.96. The van der Waals surface area contributed by atoms with Crippen LogP contribution in [0.1, 0.15) is 16.2 Å². The molecule has 1 amide bonds. The monoisotopic (exact) mass is 233 g/mol. The first-order chi connectivity index (χ1) is 8.25. The van der Waals surface area contributed by atoms with E-state index in [0.717, 1.165) is 0 Å². The predicted octanol–water partition coefficient (Wildman–Crippen LogP) is 0.748. The summed E-state index contributed by atoms with van der Waals surface area (Å²) in [6, 6.07) is 6.16. The Morgan fingerprint density at radius 1 is 1.47 bits per heavy atom. The number of rotatable bonds is 4. The van der Waals surface area contributed by atoms with Gasteiger partial charge in [-0.05, 0) is 18.2 Å². The fraction of sp³-hybridized carbons (Fsp3) is 0.182. The highest BCUT2D eigenvalue weighted by Gasteiger charge is 2.06. The third-order valence-corrected chi connectivity index (χ3v) is 2.15. The number of nitrogens with zero attached hydrogens (tertiary/aromatic N) is 2. The van der Waals surface area contributed by atoms with E-state index < -0.39 is 0 Å². The van der Waals surface area contributed by atoms with E-state index in [0.29, 0.717) is 24.4 Å². The summed E-state index contributed by atoms with van der Waals surface area (Å²) in [5.74, 6) is 0.362. The number of benzene rings is 1. The second-order valence-corrected chi connectivity index (χ2v) is 3.40. The van der Waals surface area contributed by atoms with Gasteiger partial charge in [0.2, 0.25) is 6.39 Å². The molecule has 2 rings (SSSR count). The van der Waals surface area contributed by atoms with Crippen LogP contribution in [0.2, 0.25) is 0 Å². The first-order valence-corrected chi connectivity index (χ1v) is 5.08. The number of phenolic OH excluding ortho intramolecular Hbond substituents is 1.